The van der Waals surface area contributed by atoms with Crippen molar-refractivity contribution in [2.45, 2.75) is 31.6 Å². The molecule has 0 unspecified atom stereocenters. The molecular formula is C11H12ClNO2S. The van der Waals surface area contributed by atoms with Gasteiger partial charge < -0.3 is 0 Å². The van der Waals surface area contributed by atoms with Gasteiger partial charge in [0, 0.05) is 10.7 Å². The molecule has 0 saturated heterocycles. The summed E-state index contributed by atoms with van der Waals surface area (Å²) < 4.78 is 22.7. The maximum Gasteiger partial charge on any atom is 0.261 e. The molecular weight excluding hydrogens is 246 g/mol. The molecule has 0 radical (unpaired) electrons. The van der Waals surface area contributed by atoms with Crippen molar-refractivity contribution in [2.75, 3.05) is 0 Å². The Labute approximate surface area is 100 Å². The fourth-order valence-corrected chi connectivity index (χ4v) is 2.80. The van der Waals surface area contributed by atoms with Gasteiger partial charge >= 0.3 is 0 Å². The molecule has 0 atom stereocenters. The van der Waals surface area contributed by atoms with Gasteiger partial charge in [-0.05, 0) is 36.1 Å². The molecule has 16 heavy (non-hydrogen) atoms. The first kappa shape index (κ1) is 13.0. The molecule has 3 nitrogen and oxygen atoms in total. The predicted molar refractivity (Wildman–Crippen MR) is 63.0 cm³/mol. The first-order valence-electron chi connectivity index (χ1n) is 4.94. The number of nitriles is 1. The van der Waals surface area contributed by atoms with Crippen LogP contribution in [-0.4, -0.2) is 8.42 Å². The Kier molecular flexibility index (Phi) is 3.95. The van der Waals surface area contributed by atoms with Crippen molar-refractivity contribution < 1.29 is 8.42 Å². The van der Waals surface area contributed by atoms with E-state index in [0.717, 1.165) is 0 Å². The van der Waals surface area contributed by atoms with Gasteiger partial charge in [0.25, 0.3) is 9.05 Å². The highest BCUT2D eigenvalue weighted by Crippen LogP contribution is 2.25. The van der Waals surface area contributed by atoms with Crippen molar-refractivity contribution in [3.63, 3.8) is 0 Å². The third-order valence-electron chi connectivity index (χ3n) is 2.43. The van der Waals surface area contributed by atoms with E-state index in [1.54, 1.807) is 6.07 Å². The van der Waals surface area contributed by atoms with Crippen LogP contribution in [0.25, 0.3) is 0 Å². The summed E-state index contributed by atoms with van der Waals surface area (Å²) in [6, 6.07) is 5.17. The average molecular weight is 258 g/mol. The second-order valence-electron chi connectivity index (χ2n) is 3.37. The molecule has 0 aliphatic rings. The van der Waals surface area contributed by atoms with Crippen LogP contribution >= 0.6 is 10.7 Å². The molecule has 0 fully saturated rings. The molecule has 0 spiro atoms. The van der Waals surface area contributed by atoms with Crippen molar-refractivity contribution in [1.29, 1.82) is 5.26 Å². The molecule has 86 valence electrons. The third kappa shape index (κ3) is 2.55. The van der Waals surface area contributed by atoms with E-state index in [9.17, 15) is 8.42 Å². The van der Waals surface area contributed by atoms with Gasteiger partial charge in [-0.2, -0.15) is 5.26 Å². The van der Waals surface area contributed by atoms with E-state index in [1.807, 2.05) is 13.8 Å². The summed E-state index contributed by atoms with van der Waals surface area (Å²) in [6.45, 7) is 3.69. The standard InChI is InChI=1S/C11H12ClNO2S/c1-3-8-6-11(16(12,14)15)9(4-2)5-10(8)7-13/h5-6H,3-4H2,1-2H3. The van der Waals surface area contributed by atoms with Crippen molar-refractivity contribution in [3.8, 4) is 6.07 Å². The van der Waals surface area contributed by atoms with Gasteiger partial charge in [-0.25, -0.2) is 8.42 Å². The molecule has 0 aliphatic carbocycles. The predicted octanol–water partition coefficient (Wildman–Crippen LogP) is 2.61. The summed E-state index contributed by atoms with van der Waals surface area (Å²) in [6.07, 6.45) is 1.13. The van der Waals surface area contributed by atoms with Crippen LogP contribution in [0, 0.1) is 11.3 Å². The van der Waals surface area contributed by atoms with Gasteiger partial charge in [-0.1, -0.05) is 13.8 Å². The molecule has 0 heterocycles. The van der Waals surface area contributed by atoms with Crippen LogP contribution in [0.4, 0.5) is 0 Å². The van der Waals surface area contributed by atoms with E-state index in [2.05, 4.69) is 6.07 Å². The first-order chi connectivity index (χ1) is 7.43. The van der Waals surface area contributed by atoms with Gasteiger partial charge in [0.15, 0.2) is 0 Å². The molecule has 0 N–H and O–H groups in total. The van der Waals surface area contributed by atoms with Crippen LogP contribution in [0.3, 0.4) is 0 Å². The van der Waals surface area contributed by atoms with Crippen LogP contribution < -0.4 is 0 Å². The highest BCUT2D eigenvalue weighted by molar-refractivity contribution is 8.13. The zero-order valence-corrected chi connectivity index (χ0v) is 10.7. The topological polar surface area (TPSA) is 57.9 Å². The smallest absolute Gasteiger partial charge is 0.207 e. The maximum absolute atomic E-state index is 11.4. The summed E-state index contributed by atoms with van der Waals surface area (Å²) in [5.41, 5.74) is 1.81. The van der Waals surface area contributed by atoms with Gasteiger partial charge in [-0.15, -0.1) is 0 Å². The molecule has 0 bridgehead atoms. The zero-order valence-electron chi connectivity index (χ0n) is 9.12. The number of nitrogens with zero attached hydrogens (tertiary/aromatic N) is 1. The lowest BCUT2D eigenvalue weighted by Crippen LogP contribution is -2.01. The monoisotopic (exact) mass is 257 g/mol. The van der Waals surface area contributed by atoms with Gasteiger partial charge in [0.05, 0.1) is 16.5 Å². The average Bonchev–Trinajstić information content (AvgIpc) is 2.25. The van der Waals surface area contributed by atoms with Crippen LogP contribution in [0.1, 0.15) is 30.5 Å². The molecule has 1 aromatic carbocycles. The molecule has 1 aromatic rings. The van der Waals surface area contributed by atoms with Crippen LogP contribution in [-0.2, 0) is 21.9 Å². The SMILES string of the molecule is CCc1cc(S(=O)(=O)Cl)c(CC)cc1C#N. The number of rotatable bonds is 3. The minimum absolute atomic E-state index is 0.118. The Hall–Kier alpha value is -1.05. The fraction of sp³-hybridized carbons (Fsp3) is 0.364. The Morgan fingerprint density at radius 1 is 1.25 bits per heavy atom. The van der Waals surface area contributed by atoms with Crippen LogP contribution in [0.15, 0.2) is 17.0 Å². The van der Waals surface area contributed by atoms with E-state index in [0.29, 0.717) is 29.5 Å². The van der Waals surface area contributed by atoms with Crippen molar-refractivity contribution in [3.05, 3.63) is 28.8 Å². The summed E-state index contributed by atoms with van der Waals surface area (Å²) >= 11 is 0. The van der Waals surface area contributed by atoms with Crippen molar-refractivity contribution >= 4 is 19.7 Å². The Morgan fingerprint density at radius 2 is 1.81 bits per heavy atom. The zero-order chi connectivity index (χ0) is 12.3. The lowest BCUT2D eigenvalue weighted by molar-refractivity contribution is 0.608. The Balaban J connectivity index is 3.58. The lowest BCUT2D eigenvalue weighted by Gasteiger charge is -2.08. The summed E-state index contributed by atoms with van der Waals surface area (Å²) in [5, 5.41) is 8.93. The molecule has 0 saturated carbocycles. The second kappa shape index (κ2) is 4.86. The Bertz CT molecular complexity index is 544. The third-order valence-corrected chi connectivity index (χ3v) is 3.84. The molecule has 0 aliphatic heterocycles. The maximum atomic E-state index is 11.4. The van der Waals surface area contributed by atoms with E-state index in [1.165, 1.54) is 6.07 Å². The first-order valence-corrected chi connectivity index (χ1v) is 7.25. The van der Waals surface area contributed by atoms with Crippen molar-refractivity contribution in [2.24, 2.45) is 0 Å². The second-order valence-corrected chi connectivity index (χ2v) is 5.91. The van der Waals surface area contributed by atoms with Gasteiger partial charge in [0.2, 0.25) is 0 Å². The number of hydrogen-bond donors (Lipinski definition) is 0. The fourth-order valence-electron chi connectivity index (χ4n) is 1.57. The Morgan fingerprint density at radius 3 is 2.19 bits per heavy atom. The van der Waals surface area contributed by atoms with E-state index in [-0.39, 0.29) is 4.90 Å². The lowest BCUT2D eigenvalue weighted by atomic mass is 10.0. The molecule has 0 aromatic heterocycles. The minimum Gasteiger partial charge on any atom is -0.207 e. The number of aryl methyl sites for hydroxylation is 2. The quantitative estimate of drug-likeness (QED) is 0.782. The van der Waals surface area contributed by atoms with E-state index in [4.69, 9.17) is 15.9 Å². The summed E-state index contributed by atoms with van der Waals surface area (Å²) in [4.78, 5) is 0.118. The number of benzene rings is 1. The van der Waals surface area contributed by atoms with Crippen molar-refractivity contribution in [1.82, 2.24) is 0 Å². The number of hydrogen-bond acceptors (Lipinski definition) is 3. The highest BCUT2D eigenvalue weighted by atomic mass is 35.7. The highest BCUT2D eigenvalue weighted by Gasteiger charge is 2.17. The summed E-state index contributed by atoms with van der Waals surface area (Å²) in [7, 11) is 1.62. The van der Waals surface area contributed by atoms with E-state index < -0.39 is 9.05 Å². The van der Waals surface area contributed by atoms with Crippen LogP contribution in [0.5, 0.6) is 0 Å². The van der Waals surface area contributed by atoms with Gasteiger partial charge in [0.1, 0.15) is 0 Å². The van der Waals surface area contributed by atoms with Gasteiger partial charge in [-0.3, -0.25) is 0 Å². The molecule has 1 rings (SSSR count). The van der Waals surface area contributed by atoms with Crippen LogP contribution in [0.2, 0.25) is 0 Å². The molecule has 5 heteroatoms. The minimum atomic E-state index is -3.74. The summed E-state index contributed by atoms with van der Waals surface area (Å²) in [5.74, 6) is 0. The normalized spacial score (nSPS) is 11.1. The number of halogens is 1. The van der Waals surface area contributed by atoms with E-state index >= 15 is 0 Å². The largest absolute Gasteiger partial charge is 0.261 e. The molecule has 0 amide bonds.